The second-order valence-electron chi connectivity index (χ2n) is 6.74. The van der Waals surface area contributed by atoms with Gasteiger partial charge in [0.05, 0.1) is 5.92 Å². The lowest BCUT2D eigenvalue weighted by molar-refractivity contribution is 0.330. The molecule has 2 unspecified atom stereocenters. The summed E-state index contributed by atoms with van der Waals surface area (Å²) in [7, 11) is 0. The molecule has 0 amide bonds. The lowest BCUT2D eigenvalue weighted by atomic mass is 9.83. The Morgan fingerprint density at radius 3 is 2.26 bits per heavy atom. The van der Waals surface area contributed by atoms with Crippen molar-refractivity contribution in [1.29, 1.82) is 0 Å². The van der Waals surface area contributed by atoms with Crippen LogP contribution in [-0.2, 0) is 6.42 Å². The van der Waals surface area contributed by atoms with E-state index in [1.54, 1.807) is 0 Å². The molecule has 0 aromatic heterocycles. The Kier molecular flexibility index (Phi) is 7.92. The number of unbranched alkanes of at least 4 members (excludes halogenated alkanes) is 5. The van der Waals surface area contributed by atoms with Crippen LogP contribution in [0.1, 0.15) is 64.4 Å². The second kappa shape index (κ2) is 10.3. The quantitative estimate of drug-likeness (QED) is 0.360. The third-order valence-electron chi connectivity index (χ3n) is 4.77. The molecule has 124 valence electrons. The molecule has 1 heterocycles. The van der Waals surface area contributed by atoms with Gasteiger partial charge in [-0.2, -0.15) is 0 Å². The first kappa shape index (κ1) is 17.8. The average Bonchev–Trinajstić information content (AvgIpc) is 3.09. The van der Waals surface area contributed by atoms with Crippen LogP contribution in [0.4, 0.5) is 0 Å². The van der Waals surface area contributed by atoms with E-state index in [1.807, 2.05) is 12.4 Å². The van der Waals surface area contributed by atoms with Gasteiger partial charge in [0.25, 0.3) is 0 Å². The third-order valence-corrected chi connectivity index (χ3v) is 4.77. The Balaban J connectivity index is 1.84. The van der Waals surface area contributed by atoms with Crippen LogP contribution in [0.5, 0.6) is 0 Å². The van der Waals surface area contributed by atoms with Crippen molar-refractivity contribution < 1.29 is 0 Å². The smallest absolute Gasteiger partial charge is 0.0965 e. The first-order valence-electron chi connectivity index (χ1n) is 9.28. The molecule has 0 aliphatic carbocycles. The van der Waals surface area contributed by atoms with Gasteiger partial charge < -0.3 is 0 Å². The number of benzene rings is 1. The maximum absolute atomic E-state index is 4.50. The highest BCUT2D eigenvalue weighted by Gasteiger charge is 2.33. The summed E-state index contributed by atoms with van der Waals surface area (Å²) in [5.41, 5.74) is 1.42. The standard InChI is InChI=1S/C21H31N2/c1-3-4-5-6-7-11-14-20(21-22-15-16-23-21)18(2)17-19-12-9-8-10-13-19/h8-10,12-13,15-16,18,20H,3-7,11,14,17H2,1-2H3/q+1. The minimum Gasteiger partial charge on any atom is -0.0965 e. The highest BCUT2D eigenvalue weighted by molar-refractivity contribution is 6.18. The van der Waals surface area contributed by atoms with Crippen molar-refractivity contribution in [3.8, 4) is 0 Å². The number of hydrogen-bond donors (Lipinski definition) is 0. The van der Waals surface area contributed by atoms with Gasteiger partial charge in [-0.1, -0.05) is 92.7 Å². The van der Waals surface area contributed by atoms with E-state index in [0.29, 0.717) is 11.8 Å². The normalized spacial score (nSPS) is 16.0. The molecular formula is C21H31N2+. The predicted molar refractivity (Wildman–Crippen MR) is 101 cm³/mol. The maximum Gasteiger partial charge on any atom is 0.244 e. The molecule has 1 aliphatic rings. The van der Waals surface area contributed by atoms with Gasteiger partial charge in [-0.3, -0.25) is 0 Å². The van der Waals surface area contributed by atoms with Gasteiger partial charge in [-0.15, -0.1) is 0 Å². The minimum atomic E-state index is 0.483. The van der Waals surface area contributed by atoms with Crippen molar-refractivity contribution in [2.24, 2.45) is 21.8 Å². The molecule has 2 rings (SSSR count). The highest BCUT2D eigenvalue weighted by atomic mass is 15.0. The van der Waals surface area contributed by atoms with Crippen LogP contribution >= 0.6 is 0 Å². The van der Waals surface area contributed by atoms with Gasteiger partial charge in [-0.05, 0) is 24.3 Å². The Hall–Kier alpha value is -1.57. The second-order valence-corrected chi connectivity index (χ2v) is 6.74. The monoisotopic (exact) mass is 311 g/mol. The van der Waals surface area contributed by atoms with Crippen molar-refractivity contribution in [1.82, 2.24) is 0 Å². The van der Waals surface area contributed by atoms with Crippen LogP contribution in [-0.4, -0.2) is 12.4 Å². The molecule has 0 radical (unpaired) electrons. The lowest BCUT2D eigenvalue weighted by Crippen LogP contribution is -2.19. The number of rotatable bonds is 11. The largest absolute Gasteiger partial charge is 0.244 e. The van der Waals surface area contributed by atoms with Crippen LogP contribution in [0.15, 0.2) is 40.3 Å². The van der Waals surface area contributed by atoms with Crippen molar-refractivity contribution in [3.05, 3.63) is 42.1 Å². The molecule has 2 nitrogen and oxygen atoms in total. The molecule has 0 saturated carbocycles. The Labute approximate surface area is 142 Å². The van der Waals surface area contributed by atoms with Crippen molar-refractivity contribution in [2.45, 2.75) is 65.2 Å². The molecular weight excluding hydrogens is 280 g/mol. The average molecular weight is 311 g/mol. The van der Waals surface area contributed by atoms with Crippen molar-refractivity contribution >= 4 is 12.4 Å². The van der Waals surface area contributed by atoms with E-state index >= 15 is 0 Å². The van der Waals surface area contributed by atoms with E-state index in [9.17, 15) is 0 Å². The zero-order valence-corrected chi connectivity index (χ0v) is 14.7. The van der Waals surface area contributed by atoms with Gasteiger partial charge in [0.1, 0.15) is 0 Å². The van der Waals surface area contributed by atoms with Gasteiger partial charge in [0, 0.05) is 0 Å². The summed E-state index contributed by atoms with van der Waals surface area (Å²) in [5.74, 6) is 1.06. The summed E-state index contributed by atoms with van der Waals surface area (Å²) in [4.78, 5) is 8.99. The summed E-state index contributed by atoms with van der Waals surface area (Å²) in [6.45, 7) is 4.62. The van der Waals surface area contributed by atoms with Crippen LogP contribution in [0.3, 0.4) is 0 Å². The van der Waals surface area contributed by atoms with E-state index in [4.69, 9.17) is 0 Å². The highest BCUT2D eigenvalue weighted by Crippen LogP contribution is 2.33. The molecule has 0 spiro atoms. The van der Waals surface area contributed by atoms with Crippen LogP contribution in [0.2, 0.25) is 0 Å². The molecule has 1 aliphatic heterocycles. The first-order chi connectivity index (χ1) is 11.3. The summed E-state index contributed by atoms with van der Waals surface area (Å²) in [5, 5.41) is 0. The summed E-state index contributed by atoms with van der Waals surface area (Å²) >= 11 is 0. The number of aliphatic imine (C=N–C) groups is 2. The molecule has 0 N–H and O–H groups in total. The third kappa shape index (κ3) is 6.21. The summed E-state index contributed by atoms with van der Waals surface area (Å²) < 4.78 is 0. The van der Waals surface area contributed by atoms with Crippen LogP contribution < -0.4 is 0 Å². The zero-order valence-electron chi connectivity index (χ0n) is 14.7. The predicted octanol–water partition coefficient (Wildman–Crippen LogP) is 5.88. The lowest BCUT2D eigenvalue weighted by Gasteiger charge is -2.22. The molecule has 0 fully saturated rings. The fourth-order valence-corrected chi connectivity index (χ4v) is 3.39. The SMILES string of the molecule is CCCCCCCCC([C+]1N=CC=N1)C(C)Cc1ccccc1. The van der Waals surface area contributed by atoms with Gasteiger partial charge >= 0.3 is 0 Å². The molecule has 23 heavy (non-hydrogen) atoms. The molecule has 2 atom stereocenters. The summed E-state index contributed by atoms with van der Waals surface area (Å²) in [6, 6.07) is 10.8. The van der Waals surface area contributed by atoms with Crippen LogP contribution in [0, 0.1) is 18.0 Å². The van der Waals surface area contributed by atoms with Crippen LogP contribution in [0.25, 0.3) is 0 Å². The number of nitrogens with zero attached hydrogens (tertiary/aromatic N) is 2. The van der Waals surface area contributed by atoms with Gasteiger partial charge in [0.2, 0.25) is 6.17 Å². The van der Waals surface area contributed by atoms with E-state index in [2.05, 4.69) is 54.2 Å². The molecule has 1 aromatic carbocycles. The Morgan fingerprint density at radius 2 is 1.57 bits per heavy atom. The van der Waals surface area contributed by atoms with E-state index in [-0.39, 0.29) is 0 Å². The van der Waals surface area contributed by atoms with Crippen molar-refractivity contribution in [3.63, 3.8) is 0 Å². The Morgan fingerprint density at radius 1 is 0.913 bits per heavy atom. The maximum atomic E-state index is 4.50. The van der Waals surface area contributed by atoms with Gasteiger partial charge in [0.15, 0.2) is 12.4 Å². The minimum absolute atomic E-state index is 0.483. The topological polar surface area (TPSA) is 24.7 Å². The molecule has 1 aromatic rings. The fraction of sp³-hybridized carbons (Fsp3) is 0.571. The van der Waals surface area contributed by atoms with E-state index < -0.39 is 0 Å². The molecule has 0 saturated heterocycles. The molecule has 2 heteroatoms. The van der Waals surface area contributed by atoms with Crippen molar-refractivity contribution in [2.75, 3.05) is 0 Å². The Bertz CT molecular complexity index is 466. The molecule has 0 bridgehead atoms. The zero-order chi connectivity index (χ0) is 16.3. The first-order valence-corrected chi connectivity index (χ1v) is 9.28. The summed E-state index contributed by atoms with van der Waals surface area (Å²) in [6.07, 6.45) is 15.1. The van der Waals surface area contributed by atoms with E-state index in [1.165, 1.54) is 50.5 Å². The fourth-order valence-electron chi connectivity index (χ4n) is 3.39. The number of hydrogen-bond acceptors (Lipinski definition) is 2. The van der Waals surface area contributed by atoms with E-state index in [0.717, 1.165) is 12.6 Å². The van der Waals surface area contributed by atoms with Gasteiger partial charge in [-0.25, -0.2) is 0 Å².